The molecule has 8 heteroatoms. The number of phenols is 1. The van der Waals surface area contributed by atoms with Crippen LogP contribution in [0.2, 0.25) is 0 Å². The Labute approximate surface area is 129 Å². The van der Waals surface area contributed by atoms with Crippen LogP contribution in [0.4, 0.5) is 11.4 Å². The number of hydrogen-bond acceptors (Lipinski definition) is 6. The van der Waals surface area contributed by atoms with E-state index >= 15 is 0 Å². The van der Waals surface area contributed by atoms with Crippen molar-refractivity contribution in [3.8, 4) is 11.8 Å². The Balaban J connectivity index is 2.58. The van der Waals surface area contributed by atoms with Crippen molar-refractivity contribution in [3.05, 3.63) is 73.8 Å². The molecule has 2 aromatic carbocycles. The van der Waals surface area contributed by atoms with E-state index in [1.165, 1.54) is 30.3 Å². The second-order valence-corrected chi connectivity index (χ2v) is 4.48. The molecule has 0 fully saturated rings. The van der Waals surface area contributed by atoms with Crippen molar-refractivity contribution < 1.29 is 15.0 Å². The number of nitro benzene ring substituents is 2. The predicted octanol–water partition coefficient (Wildman–Crippen LogP) is 3.27. The van der Waals surface area contributed by atoms with Crippen LogP contribution < -0.4 is 0 Å². The van der Waals surface area contributed by atoms with Crippen LogP contribution >= 0.6 is 0 Å². The third kappa shape index (κ3) is 3.48. The van der Waals surface area contributed by atoms with Crippen LogP contribution in [-0.4, -0.2) is 15.0 Å². The third-order valence-electron chi connectivity index (χ3n) is 3.00. The van der Waals surface area contributed by atoms with Gasteiger partial charge in [0, 0.05) is 18.2 Å². The zero-order valence-electron chi connectivity index (χ0n) is 11.5. The van der Waals surface area contributed by atoms with Gasteiger partial charge in [0.25, 0.3) is 11.4 Å². The first-order chi connectivity index (χ1) is 10.9. The zero-order valence-corrected chi connectivity index (χ0v) is 11.5. The molecule has 0 saturated carbocycles. The van der Waals surface area contributed by atoms with Gasteiger partial charge in [-0.2, -0.15) is 5.26 Å². The number of hydrogen-bond donors (Lipinski definition) is 1. The van der Waals surface area contributed by atoms with Gasteiger partial charge in [-0.25, -0.2) is 0 Å². The fourth-order valence-corrected chi connectivity index (χ4v) is 1.95. The topological polar surface area (TPSA) is 130 Å². The summed E-state index contributed by atoms with van der Waals surface area (Å²) < 4.78 is 0. The summed E-state index contributed by atoms with van der Waals surface area (Å²) in [6.45, 7) is 0. The van der Waals surface area contributed by atoms with Gasteiger partial charge >= 0.3 is 0 Å². The van der Waals surface area contributed by atoms with Crippen molar-refractivity contribution in [2.24, 2.45) is 0 Å². The first-order valence-electron chi connectivity index (χ1n) is 6.26. The Bertz CT molecular complexity index is 868. The SMILES string of the molecule is N#C/C(=C/c1cc(O)ccc1[N+](=O)[O-])c1cccc([N+](=O)[O-])c1. The van der Waals surface area contributed by atoms with Crippen LogP contribution in [-0.2, 0) is 0 Å². The van der Waals surface area contributed by atoms with E-state index in [-0.39, 0.29) is 33.8 Å². The number of benzene rings is 2. The molecule has 0 aliphatic heterocycles. The Kier molecular flexibility index (Phi) is 4.33. The highest BCUT2D eigenvalue weighted by Gasteiger charge is 2.15. The lowest BCUT2D eigenvalue weighted by atomic mass is 10.0. The van der Waals surface area contributed by atoms with Gasteiger partial charge in [0.15, 0.2) is 0 Å². The summed E-state index contributed by atoms with van der Waals surface area (Å²) in [5, 5.41) is 40.5. The summed E-state index contributed by atoms with van der Waals surface area (Å²) in [6.07, 6.45) is 1.21. The maximum absolute atomic E-state index is 11.0. The van der Waals surface area contributed by atoms with Gasteiger partial charge in [-0.1, -0.05) is 12.1 Å². The average molecular weight is 311 g/mol. The lowest BCUT2D eigenvalue weighted by Crippen LogP contribution is -1.93. The molecule has 0 unspecified atom stereocenters. The summed E-state index contributed by atoms with van der Waals surface area (Å²) in [5.74, 6) is -0.196. The highest BCUT2D eigenvalue weighted by atomic mass is 16.6. The molecule has 23 heavy (non-hydrogen) atoms. The summed E-state index contributed by atoms with van der Waals surface area (Å²) in [6, 6.07) is 10.6. The van der Waals surface area contributed by atoms with Gasteiger partial charge in [0.2, 0.25) is 0 Å². The van der Waals surface area contributed by atoms with Crippen molar-refractivity contribution in [1.82, 2.24) is 0 Å². The minimum absolute atomic E-state index is 0.00222. The Morgan fingerprint density at radius 2 is 1.87 bits per heavy atom. The van der Waals surface area contributed by atoms with Crippen LogP contribution in [0.15, 0.2) is 42.5 Å². The molecule has 0 spiro atoms. The second kappa shape index (κ2) is 6.36. The number of nitrogens with zero attached hydrogens (tertiary/aromatic N) is 3. The summed E-state index contributed by atoms with van der Waals surface area (Å²) in [5.41, 5.74) is -0.213. The van der Waals surface area contributed by atoms with Crippen molar-refractivity contribution in [3.63, 3.8) is 0 Å². The summed E-state index contributed by atoms with van der Waals surface area (Å²) >= 11 is 0. The number of rotatable bonds is 4. The largest absolute Gasteiger partial charge is 0.508 e. The minimum Gasteiger partial charge on any atom is -0.508 e. The number of nitriles is 1. The van der Waals surface area contributed by atoms with Gasteiger partial charge < -0.3 is 5.11 Å². The van der Waals surface area contributed by atoms with Crippen molar-refractivity contribution in [2.45, 2.75) is 0 Å². The molecule has 1 N–H and O–H groups in total. The lowest BCUT2D eigenvalue weighted by Gasteiger charge is -2.02. The minimum atomic E-state index is -0.645. The van der Waals surface area contributed by atoms with E-state index in [0.717, 1.165) is 18.2 Å². The molecule has 0 aromatic heterocycles. The number of aromatic hydroxyl groups is 1. The molecule has 0 saturated heterocycles. The van der Waals surface area contributed by atoms with Gasteiger partial charge in [-0.3, -0.25) is 20.2 Å². The van der Waals surface area contributed by atoms with Crippen LogP contribution in [0.5, 0.6) is 5.75 Å². The third-order valence-corrected chi connectivity index (χ3v) is 3.00. The van der Waals surface area contributed by atoms with E-state index in [2.05, 4.69) is 0 Å². The normalized spacial score (nSPS) is 10.8. The van der Waals surface area contributed by atoms with Crippen LogP contribution in [0, 0.1) is 31.6 Å². The summed E-state index contributed by atoms with van der Waals surface area (Å²) in [4.78, 5) is 20.5. The maximum atomic E-state index is 11.0. The molecule has 8 nitrogen and oxygen atoms in total. The lowest BCUT2D eigenvalue weighted by molar-refractivity contribution is -0.385. The fraction of sp³-hybridized carbons (Fsp3) is 0. The van der Waals surface area contributed by atoms with E-state index in [1.807, 2.05) is 6.07 Å². The van der Waals surface area contributed by atoms with Crippen molar-refractivity contribution in [1.29, 1.82) is 5.26 Å². The van der Waals surface area contributed by atoms with E-state index in [4.69, 9.17) is 0 Å². The Morgan fingerprint density at radius 3 is 2.48 bits per heavy atom. The zero-order chi connectivity index (χ0) is 17.0. The van der Waals surface area contributed by atoms with E-state index in [1.54, 1.807) is 0 Å². The monoisotopic (exact) mass is 311 g/mol. The number of phenolic OH excluding ortho intramolecular Hbond substituents is 1. The van der Waals surface area contributed by atoms with Gasteiger partial charge in [0.05, 0.1) is 27.1 Å². The molecular weight excluding hydrogens is 302 g/mol. The molecule has 0 amide bonds. The summed E-state index contributed by atoms with van der Waals surface area (Å²) in [7, 11) is 0. The van der Waals surface area contributed by atoms with Gasteiger partial charge in [-0.15, -0.1) is 0 Å². The number of allylic oxidation sites excluding steroid dienone is 1. The first-order valence-corrected chi connectivity index (χ1v) is 6.26. The molecule has 0 aliphatic rings. The maximum Gasteiger partial charge on any atom is 0.276 e. The quantitative estimate of drug-likeness (QED) is 0.399. The van der Waals surface area contributed by atoms with Crippen molar-refractivity contribution in [2.75, 3.05) is 0 Å². The molecule has 0 aliphatic carbocycles. The standard InChI is InChI=1S/C15H9N3O5/c16-9-12(10-2-1-3-13(7-10)17(20)21)6-11-8-14(19)4-5-15(11)18(22)23/h1-8,19H/b12-6-. The highest BCUT2D eigenvalue weighted by Crippen LogP contribution is 2.28. The Hall–Kier alpha value is -3.73. The molecule has 0 atom stereocenters. The van der Waals surface area contributed by atoms with Crippen molar-refractivity contribution >= 4 is 23.0 Å². The van der Waals surface area contributed by atoms with Crippen LogP contribution in [0.3, 0.4) is 0 Å². The van der Waals surface area contributed by atoms with Crippen LogP contribution in [0.1, 0.15) is 11.1 Å². The fourth-order valence-electron chi connectivity index (χ4n) is 1.95. The van der Waals surface area contributed by atoms with Gasteiger partial charge in [0.1, 0.15) is 5.75 Å². The highest BCUT2D eigenvalue weighted by molar-refractivity contribution is 5.91. The average Bonchev–Trinajstić information content (AvgIpc) is 2.52. The molecule has 114 valence electrons. The smallest absolute Gasteiger partial charge is 0.276 e. The molecule has 0 radical (unpaired) electrons. The first kappa shape index (κ1) is 15.7. The van der Waals surface area contributed by atoms with E-state index in [9.17, 15) is 30.6 Å². The molecule has 0 heterocycles. The molecular formula is C15H9N3O5. The van der Waals surface area contributed by atoms with Gasteiger partial charge in [-0.05, 0) is 23.8 Å². The predicted molar refractivity (Wildman–Crippen MR) is 81.3 cm³/mol. The molecule has 0 bridgehead atoms. The van der Waals surface area contributed by atoms with E-state index < -0.39 is 9.85 Å². The molecule has 2 aromatic rings. The Morgan fingerprint density at radius 1 is 1.13 bits per heavy atom. The van der Waals surface area contributed by atoms with E-state index in [0.29, 0.717) is 0 Å². The van der Waals surface area contributed by atoms with Crippen LogP contribution in [0.25, 0.3) is 11.6 Å². The number of non-ortho nitro benzene ring substituents is 1. The second-order valence-electron chi connectivity index (χ2n) is 4.48. The number of nitro groups is 2. The molecule has 2 rings (SSSR count).